The molecular weight excluding hydrogens is 484 g/mol. The third-order valence-electron chi connectivity index (χ3n) is 6.29. The largest absolute Gasteiger partial charge is 0.494 e. The van der Waals surface area contributed by atoms with Crippen molar-refractivity contribution in [1.29, 1.82) is 0 Å². The van der Waals surface area contributed by atoms with Gasteiger partial charge in [-0.05, 0) is 49.8 Å². The first kappa shape index (κ1) is 30.6. The smallest absolute Gasteiger partial charge is 0.407 e. The van der Waals surface area contributed by atoms with Crippen LogP contribution in [0.25, 0.3) is 0 Å². The lowest BCUT2D eigenvalue weighted by Crippen LogP contribution is -2.55. The molecule has 0 saturated carbocycles. The zero-order valence-corrected chi connectivity index (χ0v) is 22.7. The molecule has 208 valence electrons. The number of hydrogen-bond donors (Lipinski definition) is 4. The molecule has 2 rings (SSSR count). The minimum absolute atomic E-state index is 0.102. The summed E-state index contributed by atoms with van der Waals surface area (Å²) in [5.74, 6) is -0.0268. The molecule has 0 aliphatic rings. The molecule has 0 aromatic heterocycles. The summed E-state index contributed by atoms with van der Waals surface area (Å²) < 4.78 is 10.9. The molecule has 2 aromatic carbocycles. The summed E-state index contributed by atoms with van der Waals surface area (Å²) >= 11 is 0. The van der Waals surface area contributed by atoms with Gasteiger partial charge in [0.15, 0.2) is 0 Å². The first-order valence-electron chi connectivity index (χ1n) is 13.3. The van der Waals surface area contributed by atoms with Gasteiger partial charge in [-0.2, -0.15) is 0 Å². The summed E-state index contributed by atoms with van der Waals surface area (Å²) in [6.45, 7) is 6.56. The van der Waals surface area contributed by atoms with Crippen molar-refractivity contribution >= 4 is 17.9 Å². The third-order valence-corrected chi connectivity index (χ3v) is 6.29. The molecule has 0 heterocycles. The second-order valence-electron chi connectivity index (χ2n) is 9.44. The minimum Gasteiger partial charge on any atom is -0.494 e. The van der Waals surface area contributed by atoms with E-state index in [0.717, 1.165) is 24.2 Å². The van der Waals surface area contributed by atoms with Gasteiger partial charge in [-0.15, -0.1) is 0 Å². The second-order valence-corrected chi connectivity index (χ2v) is 9.44. The van der Waals surface area contributed by atoms with E-state index in [1.807, 2.05) is 75.4 Å². The maximum absolute atomic E-state index is 13.0. The van der Waals surface area contributed by atoms with E-state index >= 15 is 0 Å². The molecule has 5 N–H and O–H groups in total. The molecule has 3 atom stereocenters. The van der Waals surface area contributed by atoms with Crippen molar-refractivity contribution in [2.24, 2.45) is 11.7 Å². The third kappa shape index (κ3) is 11.6. The summed E-state index contributed by atoms with van der Waals surface area (Å²) in [5, 5.41) is 8.14. The monoisotopic (exact) mass is 526 g/mol. The number of amides is 3. The Morgan fingerprint density at radius 2 is 1.68 bits per heavy atom. The highest BCUT2D eigenvalue weighted by Crippen LogP contribution is 2.13. The summed E-state index contributed by atoms with van der Waals surface area (Å²) in [7, 11) is 0. The molecule has 0 aliphatic heterocycles. The molecule has 0 fully saturated rings. The molecule has 0 spiro atoms. The van der Waals surface area contributed by atoms with Crippen LogP contribution in [0.2, 0.25) is 0 Å². The maximum Gasteiger partial charge on any atom is 0.407 e. The van der Waals surface area contributed by atoms with Gasteiger partial charge in [0.2, 0.25) is 11.8 Å². The fraction of sp³-hybridized carbons (Fsp3) is 0.483. The van der Waals surface area contributed by atoms with Crippen molar-refractivity contribution in [1.82, 2.24) is 16.0 Å². The summed E-state index contributed by atoms with van der Waals surface area (Å²) in [5.41, 5.74) is 7.93. The zero-order valence-electron chi connectivity index (χ0n) is 22.7. The molecule has 9 nitrogen and oxygen atoms in total. The van der Waals surface area contributed by atoms with Gasteiger partial charge in [-0.1, -0.05) is 68.3 Å². The average molecular weight is 527 g/mol. The van der Waals surface area contributed by atoms with Gasteiger partial charge in [0, 0.05) is 12.6 Å². The van der Waals surface area contributed by atoms with Crippen molar-refractivity contribution in [2.45, 2.75) is 65.1 Å². The van der Waals surface area contributed by atoms with Crippen molar-refractivity contribution < 1.29 is 23.9 Å². The number of carbonyl (C=O) groups is 3. The fourth-order valence-corrected chi connectivity index (χ4v) is 3.71. The Labute approximate surface area is 225 Å². The Hall–Kier alpha value is -3.59. The molecule has 0 radical (unpaired) electrons. The van der Waals surface area contributed by atoms with Crippen molar-refractivity contribution in [3.8, 4) is 5.75 Å². The minimum atomic E-state index is -0.742. The number of hydrogen-bond acceptors (Lipinski definition) is 6. The van der Waals surface area contributed by atoms with E-state index in [1.165, 1.54) is 5.56 Å². The molecule has 3 amide bonds. The second kappa shape index (κ2) is 17.0. The molecule has 1 unspecified atom stereocenters. The SMILES string of the molecule is CCC(C)[C@H](NC(=O)CNC(=O)OCc1ccccc1)C(=O)N[C@H](CN)CCCCOc1ccc(C)cc1. The maximum atomic E-state index is 13.0. The van der Waals surface area contributed by atoms with E-state index in [0.29, 0.717) is 26.0 Å². The van der Waals surface area contributed by atoms with Gasteiger partial charge in [-0.3, -0.25) is 9.59 Å². The van der Waals surface area contributed by atoms with Gasteiger partial charge < -0.3 is 31.2 Å². The van der Waals surface area contributed by atoms with Crippen LogP contribution in [0.4, 0.5) is 4.79 Å². The van der Waals surface area contributed by atoms with Gasteiger partial charge >= 0.3 is 6.09 Å². The van der Waals surface area contributed by atoms with Gasteiger partial charge in [-0.25, -0.2) is 4.79 Å². The van der Waals surface area contributed by atoms with Crippen molar-refractivity contribution in [2.75, 3.05) is 19.7 Å². The average Bonchev–Trinajstić information content (AvgIpc) is 2.93. The number of alkyl carbamates (subject to hydrolysis) is 1. The Balaban J connectivity index is 1.74. The van der Waals surface area contributed by atoms with Crippen LogP contribution >= 0.6 is 0 Å². The van der Waals surface area contributed by atoms with E-state index in [-0.39, 0.29) is 31.0 Å². The number of nitrogens with one attached hydrogen (secondary N) is 3. The van der Waals surface area contributed by atoms with E-state index in [4.69, 9.17) is 15.2 Å². The Morgan fingerprint density at radius 1 is 0.974 bits per heavy atom. The highest BCUT2D eigenvalue weighted by molar-refractivity contribution is 5.89. The molecule has 9 heteroatoms. The van der Waals surface area contributed by atoms with Crippen LogP contribution in [0.1, 0.15) is 50.7 Å². The summed E-state index contributed by atoms with van der Waals surface area (Å²) in [4.78, 5) is 37.5. The van der Waals surface area contributed by atoms with E-state index < -0.39 is 18.0 Å². The van der Waals surface area contributed by atoms with Gasteiger partial charge in [0.1, 0.15) is 24.9 Å². The van der Waals surface area contributed by atoms with Crippen LogP contribution in [0, 0.1) is 12.8 Å². The van der Waals surface area contributed by atoms with Crippen LogP contribution < -0.4 is 26.4 Å². The predicted molar refractivity (Wildman–Crippen MR) is 148 cm³/mol. The number of aryl methyl sites for hydroxylation is 1. The summed E-state index contributed by atoms with van der Waals surface area (Å²) in [6, 6.07) is 16.2. The van der Waals surface area contributed by atoms with Crippen LogP contribution in [0.15, 0.2) is 54.6 Å². The van der Waals surface area contributed by atoms with E-state index in [9.17, 15) is 14.4 Å². The Morgan fingerprint density at radius 3 is 2.34 bits per heavy atom. The lowest BCUT2D eigenvalue weighted by molar-refractivity contribution is -0.130. The molecular formula is C29H42N4O5. The lowest BCUT2D eigenvalue weighted by Gasteiger charge is -2.26. The normalized spacial score (nSPS) is 13.1. The molecule has 0 saturated heterocycles. The number of ether oxygens (including phenoxy) is 2. The highest BCUT2D eigenvalue weighted by Gasteiger charge is 2.27. The van der Waals surface area contributed by atoms with Crippen LogP contribution in [0.5, 0.6) is 5.75 Å². The fourth-order valence-electron chi connectivity index (χ4n) is 3.71. The standard InChI is InChI=1S/C29H42N4O5/c1-4-22(3)27(33-26(34)19-31-29(36)38-20-23-10-6-5-7-11-23)28(35)32-24(18-30)12-8-9-17-37-25-15-13-21(2)14-16-25/h5-7,10-11,13-16,22,24,27H,4,8-9,12,17-20,30H2,1-3H3,(H,31,36)(H,32,35)(H,33,34)/t22?,24-,27-/m0/s1. The van der Waals surface area contributed by atoms with E-state index in [2.05, 4.69) is 16.0 Å². The van der Waals surface area contributed by atoms with Gasteiger partial charge in [0.05, 0.1) is 6.61 Å². The van der Waals surface area contributed by atoms with Gasteiger partial charge in [0.25, 0.3) is 0 Å². The van der Waals surface area contributed by atoms with Crippen molar-refractivity contribution in [3.63, 3.8) is 0 Å². The molecule has 0 aliphatic carbocycles. The number of benzene rings is 2. The Kier molecular flexibility index (Phi) is 13.7. The molecule has 38 heavy (non-hydrogen) atoms. The topological polar surface area (TPSA) is 132 Å². The Bertz CT molecular complexity index is 984. The quantitative estimate of drug-likeness (QED) is 0.248. The van der Waals surface area contributed by atoms with E-state index in [1.54, 1.807) is 0 Å². The number of unbranched alkanes of at least 4 members (excludes halogenated alkanes) is 1. The summed E-state index contributed by atoms with van der Waals surface area (Å²) in [6.07, 6.45) is 2.36. The zero-order chi connectivity index (χ0) is 27.8. The number of nitrogens with two attached hydrogens (primary N) is 1. The predicted octanol–water partition coefficient (Wildman–Crippen LogP) is 3.44. The first-order valence-corrected chi connectivity index (χ1v) is 13.3. The lowest BCUT2D eigenvalue weighted by atomic mass is 9.97. The van der Waals surface area contributed by atoms with Crippen LogP contribution in [0.3, 0.4) is 0 Å². The number of rotatable bonds is 16. The number of carbonyl (C=O) groups excluding carboxylic acids is 3. The van der Waals surface area contributed by atoms with Crippen molar-refractivity contribution in [3.05, 3.63) is 65.7 Å². The first-order chi connectivity index (χ1) is 18.3. The highest BCUT2D eigenvalue weighted by atomic mass is 16.5. The van der Waals surface area contributed by atoms with Crippen LogP contribution in [-0.4, -0.2) is 49.7 Å². The molecule has 0 bridgehead atoms. The van der Waals surface area contributed by atoms with Crippen LogP contribution in [-0.2, 0) is 20.9 Å². The molecule has 2 aromatic rings.